The van der Waals surface area contributed by atoms with Gasteiger partial charge in [0.2, 0.25) is 11.8 Å². The largest absolute Gasteiger partial charge is 0.354 e. The number of amides is 2. The number of sulfonamides is 1. The minimum Gasteiger partial charge on any atom is -0.354 e. The minimum atomic E-state index is -4.22. The monoisotopic (exact) mass is 595 g/mol. The maximum absolute atomic E-state index is 13.8. The molecular formula is C27H28Cl3N3O4S. The third-order valence-corrected chi connectivity index (χ3v) is 8.33. The van der Waals surface area contributed by atoms with Gasteiger partial charge in [0, 0.05) is 23.1 Å². The van der Waals surface area contributed by atoms with Gasteiger partial charge >= 0.3 is 0 Å². The summed E-state index contributed by atoms with van der Waals surface area (Å²) in [5.74, 6) is -0.944. The van der Waals surface area contributed by atoms with Crippen molar-refractivity contribution in [3.05, 3.63) is 93.4 Å². The van der Waals surface area contributed by atoms with Gasteiger partial charge in [-0.3, -0.25) is 13.9 Å². The molecule has 1 atom stereocenters. The van der Waals surface area contributed by atoms with Crippen LogP contribution in [-0.2, 0) is 26.2 Å². The fourth-order valence-corrected chi connectivity index (χ4v) is 5.82. The van der Waals surface area contributed by atoms with Crippen molar-refractivity contribution in [1.82, 2.24) is 10.2 Å². The van der Waals surface area contributed by atoms with E-state index in [0.717, 1.165) is 16.3 Å². The Morgan fingerprint density at radius 1 is 0.921 bits per heavy atom. The highest BCUT2D eigenvalue weighted by Crippen LogP contribution is 2.33. The van der Waals surface area contributed by atoms with Crippen LogP contribution in [0.1, 0.15) is 25.8 Å². The summed E-state index contributed by atoms with van der Waals surface area (Å²) in [6.07, 6.45) is 0.724. The lowest BCUT2D eigenvalue weighted by molar-refractivity contribution is -0.139. The number of carbonyl (C=O) groups is 2. The highest BCUT2D eigenvalue weighted by molar-refractivity contribution is 7.92. The molecular weight excluding hydrogens is 569 g/mol. The van der Waals surface area contributed by atoms with Crippen molar-refractivity contribution in [3.8, 4) is 0 Å². The van der Waals surface area contributed by atoms with Gasteiger partial charge < -0.3 is 10.2 Å². The molecule has 0 saturated heterocycles. The lowest BCUT2D eigenvalue weighted by Crippen LogP contribution is -2.51. The maximum Gasteiger partial charge on any atom is 0.264 e. The minimum absolute atomic E-state index is 0.0168. The summed E-state index contributed by atoms with van der Waals surface area (Å²) in [4.78, 5) is 28.0. The summed E-state index contributed by atoms with van der Waals surface area (Å²) in [6, 6.07) is 18.0. The Bertz CT molecular complexity index is 1370. The molecule has 11 heteroatoms. The van der Waals surface area contributed by atoms with E-state index < -0.39 is 28.5 Å². The Morgan fingerprint density at radius 3 is 2.16 bits per heavy atom. The zero-order valence-electron chi connectivity index (χ0n) is 20.9. The number of rotatable bonds is 11. The van der Waals surface area contributed by atoms with E-state index in [1.54, 1.807) is 49.4 Å². The molecule has 1 unspecified atom stereocenters. The lowest BCUT2D eigenvalue weighted by atomic mass is 10.1. The molecule has 3 rings (SSSR count). The van der Waals surface area contributed by atoms with Gasteiger partial charge in [0.15, 0.2) is 0 Å². The van der Waals surface area contributed by atoms with Gasteiger partial charge in [0.25, 0.3) is 10.0 Å². The Morgan fingerprint density at radius 2 is 1.55 bits per heavy atom. The molecule has 0 radical (unpaired) electrons. The summed E-state index contributed by atoms with van der Waals surface area (Å²) < 4.78 is 28.4. The van der Waals surface area contributed by atoms with Crippen LogP contribution in [0.5, 0.6) is 0 Å². The standard InChI is InChI=1S/C27H28Cl3N3O4S/c1-3-15-31-27(35)19(2)32(17-20-9-11-21(28)12-10-20)26(34)18-33(25-14-13-22(29)16-24(25)30)38(36,37)23-7-5-4-6-8-23/h4-14,16,19H,3,15,17-18H2,1-2H3,(H,31,35). The van der Waals surface area contributed by atoms with Crippen LogP contribution in [0.4, 0.5) is 5.69 Å². The highest BCUT2D eigenvalue weighted by atomic mass is 35.5. The van der Waals surface area contributed by atoms with E-state index in [2.05, 4.69) is 5.32 Å². The second-order valence-electron chi connectivity index (χ2n) is 8.54. The fraction of sp³-hybridized carbons (Fsp3) is 0.259. The first kappa shape index (κ1) is 29.8. The number of hydrogen-bond donors (Lipinski definition) is 1. The number of halogens is 3. The molecule has 1 N–H and O–H groups in total. The number of nitrogens with zero attached hydrogens (tertiary/aromatic N) is 2. The van der Waals surface area contributed by atoms with Crippen LogP contribution in [0.3, 0.4) is 0 Å². The second-order valence-corrected chi connectivity index (χ2v) is 11.7. The molecule has 0 bridgehead atoms. The summed E-state index contributed by atoms with van der Waals surface area (Å²) >= 11 is 18.5. The van der Waals surface area contributed by atoms with Gasteiger partial charge in [-0.2, -0.15) is 0 Å². The smallest absolute Gasteiger partial charge is 0.264 e. The molecule has 0 aliphatic heterocycles. The van der Waals surface area contributed by atoms with Crippen LogP contribution in [0.15, 0.2) is 77.7 Å². The van der Waals surface area contributed by atoms with Crippen LogP contribution >= 0.6 is 34.8 Å². The van der Waals surface area contributed by atoms with Crippen LogP contribution in [0, 0.1) is 0 Å². The average molecular weight is 597 g/mol. The molecule has 202 valence electrons. The number of hydrogen-bond acceptors (Lipinski definition) is 4. The SMILES string of the molecule is CCCNC(=O)C(C)N(Cc1ccc(Cl)cc1)C(=O)CN(c1ccc(Cl)cc1Cl)S(=O)(=O)c1ccccc1. The van der Waals surface area contributed by atoms with Crippen molar-refractivity contribution in [2.75, 3.05) is 17.4 Å². The van der Waals surface area contributed by atoms with Crippen molar-refractivity contribution in [2.45, 2.75) is 37.8 Å². The van der Waals surface area contributed by atoms with Gasteiger partial charge in [0.05, 0.1) is 15.6 Å². The first-order chi connectivity index (χ1) is 18.0. The average Bonchev–Trinajstić information content (AvgIpc) is 2.90. The Kier molecular flexibility index (Phi) is 10.4. The van der Waals surface area contributed by atoms with Crippen LogP contribution in [-0.4, -0.2) is 44.3 Å². The van der Waals surface area contributed by atoms with Crippen molar-refractivity contribution < 1.29 is 18.0 Å². The van der Waals surface area contributed by atoms with E-state index in [-0.39, 0.29) is 28.1 Å². The molecule has 0 fully saturated rings. The zero-order chi connectivity index (χ0) is 27.9. The maximum atomic E-state index is 13.8. The summed E-state index contributed by atoms with van der Waals surface area (Å²) in [7, 11) is -4.22. The highest BCUT2D eigenvalue weighted by Gasteiger charge is 2.33. The second kappa shape index (κ2) is 13.3. The quantitative estimate of drug-likeness (QED) is 0.304. The molecule has 38 heavy (non-hydrogen) atoms. The third kappa shape index (κ3) is 7.41. The zero-order valence-corrected chi connectivity index (χ0v) is 24.0. The van der Waals surface area contributed by atoms with E-state index >= 15 is 0 Å². The van der Waals surface area contributed by atoms with E-state index in [9.17, 15) is 18.0 Å². The van der Waals surface area contributed by atoms with E-state index in [1.165, 1.54) is 35.2 Å². The Labute approximate surface area is 238 Å². The van der Waals surface area contributed by atoms with Crippen LogP contribution in [0.25, 0.3) is 0 Å². The molecule has 2 amide bonds. The number of anilines is 1. The normalized spacial score (nSPS) is 12.0. The van der Waals surface area contributed by atoms with Gasteiger partial charge in [0.1, 0.15) is 12.6 Å². The predicted molar refractivity (Wildman–Crippen MR) is 152 cm³/mol. The topological polar surface area (TPSA) is 86.8 Å². The van der Waals surface area contributed by atoms with Crippen molar-refractivity contribution in [2.24, 2.45) is 0 Å². The molecule has 3 aromatic carbocycles. The van der Waals surface area contributed by atoms with Crippen LogP contribution in [0.2, 0.25) is 15.1 Å². The summed E-state index contributed by atoms with van der Waals surface area (Å²) in [5, 5.41) is 3.69. The van der Waals surface area contributed by atoms with E-state index in [4.69, 9.17) is 34.8 Å². The third-order valence-electron chi connectivity index (χ3n) is 5.77. The van der Waals surface area contributed by atoms with E-state index in [0.29, 0.717) is 16.6 Å². The first-order valence-corrected chi connectivity index (χ1v) is 14.5. The number of nitrogens with one attached hydrogen (secondary N) is 1. The molecule has 0 aliphatic rings. The lowest BCUT2D eigenvalue weighted by Gasteiger charge is -2.32. The van der Waals surface area contributed by atoms with Gasteiger partial charge in [-0.15, -0.1) is 0 Å². The molecule has 7 nitrogen and oxygen atoms in total. The van der Waals surface area contributed by atoms with Gasteiger partial charge in [-0.1, -0.05) is 72.1 Å². The van der Waals surface area contributed by atoms with Gasteiger partial charge in [-0.25, -0.2) is 8.42 Å². The Hall–Kier alpha value is -2.78. The van der Waals surface area contributed by atoms with Crippen LogP contribution < -0.4 is 9.62 Å². The predicted octanol–water partition coefficient (Wildman–Crippen LogP) is 5.79. The number of carbonyl (C=O) groups excluding carboxylic acids is 2. The van der Waals surface area contributed by atoms with Gasteiger partial charge in [-0.05, 0) is 61.4 Å². The van der Waals surface area contributed by atoms with Crippen molar-refractivity contribution in [1.29, 1.82) is 0 Å². The Balaban J connectivity index is 2.03. The van der Waals surface area contributed by atoms with Crippen molar-refractivity contribution >= 4 is 62.3 Å². The molecule has 0 heterocycles. The molecule has 0 spiro atoms. The summed E-state index contributed by atoms with van der Waals surface area (Å²) in [6.45, 7) is 3.43. The van der Waals surface area contributed by atoms with Crippen molar-refractivity contribution in [3.63, 3.8) is 0 Å². The van der Waals surface area contributed by atoms with E-state index in [1.807, 2.05) is 6.92 Å². The first-order valence-electron chi connectivity index (χ1n) is 11.9. The number of benzene rings is 3. The fourth-order valence-electron chi connectivity index (χ4n) is 3.68. The molecule has 3 aromatic rings. The molecule has 0 saturated carbocycles. The molecule has 0 aliphatic carbocycles. The molecule has 0 aromatic heterocycles. The summed E-state index contributed by atoms with van der Waals surface area (Å²) in [5.41, 5.74) is 0.808.